The Labute approximate surface area is 96.4 Å². The van der Waals surface area contributed by atoms with Gasteiger partial charge in [0.25, 0.3) is 0 Å². The zero-order valence-corrected chi connectivity index (χ0v) is 10.9. The van der Waals surface area contributed by atoms with Gasteiger partial charge in [0.15, 0.2) is 5.82 Å². The van der Waals surface area contributed by atoms with E-state index in [4.69, 9.17) is 4.52 Å². The normalized spacial score (nSPS) is 12.9. The Bertz CT molecular complexity index is 380. The van der Waals surface area contributed by atoms with E-state index in [0.29, 0.717) is 11.7 Å². The second-order valence-corrected chi connectivity index (χ2v) is 6.11. The van der Waals surface area contributed by atoms with Crippen LogP contribution >= 0.6 is 0 Å². The zero-order valence-electron chi connectivity index (χ0n) is 10.9. The Morgan fingerprint density at radius 1 is 1.19 bits per heavy atom. The fourth-order valence-corrected chi connectivity index (χ4v) is 1.03. The van der Waals surface area contributed by atoms with E-state index in [1.165, 1.54) is 0 Å². The number of carbonyl (C=O) groups excluding carboxylic acids is 1. The largest absolute Gasteiger partial charge is 0.339 e. The number of nitrogens with zero attached hydrogens (tertiary/aromatic N) is 2. The Morgan fingerprint density at radius 2 is 1.75 bits per heavy atom. The third-order valence-corrected chi connectivity index (χ3v) is 2.29. The quantitative estimate of drug-likeness (QED) is 0.774. The summed E-state index contributed by atoms with van der Waals surface area (Å²) >= 11 is 0. The highest BCUT2D eigenvalue weighted by molar-refractivity contribution is 5.84. The van der Waals surface area contributed by atoms with Crippen LogP contribution in [0.3, 0.4) is 0 Å². The van der Waals surface area contributed by atoms with Gasteiger partial charge in [-0.2, -0.15) is 4.98 Å². The smallest absolute Gasteiger partial charge is 0.234 e. The molecule has 0 atom stereocenters. The lowest BCUT2D eigenvalue weighted by molar-refractivity contribution is -0.125. The number of hydrogen-bond donors (Lipinski definition) is 0. The van der Waals surface area contributed by atoms with Crippen molar-refractivity contribution in [3.63, 3.8) is 0 Å². The van der Waals surface area contributed by atoms with Crippen molar-refractivity contribution < 1.29 is 9.32 Å². The van der Waals surface area contributed by atoms with Crippen LogP contribution in [0.4, 0.5) is 0 Å². The van der Waals surface area contributed by atoms with Crippen molar-refractivity contribution in [2.24, 2.45) is 5.41 Å². The minimum Gasteiger partial charge on any atom is -0.339 e. The highest BCUT2D eigenvalue weighted by Gasteiger charge is 2.26. The molecule has 16 heavy (non-hydrogen) atoms. The molecule has 4 heteroatoms. The Hall–Kier alpha value is -1.19. The molecule has 0 fully saturated rings. The van der Waals surface area contributed by atoms with Gasteiger partial charge in [-0.05, 0) is 0 Å². The van der Waals surface area contributed by atoms with Crippen molar-refractivity contribution in [2.75, 3.05) is 0 Å². The van der Waals surface area contributed by atoms with Crippen LogP contribution < -0.4 is 0 Å². The molecule has 0 amide bonds. The summed E-state index contributed by atoms with van der Waals surface area (Å²) in [7, 11) is 0. The molecule has 4 nitrogen and oxygen atoms in total. The molecule has 0 unspecified atom stereocenters. The average Bonchev–Trinajstić information content (AvgIpc) is 2.49. The first-order valence-corrected chi connectivity index (χ1v) is 5.47. The second-order valence-electron chi connectivity index (χ2n) is 6.11. The lowest BCUT2D eigenvalue weighted by Crippen LogP contribution is -2.22. The lowest BCUT2D eigenvalue weighted by atomic mass is 9.89. The minimum absolute atomic E-state index is 0.108. The van der Waals surface area contributed by atoms with E-state index in [0.717, 1.165) is 0 Å². The Morgan fingerprint density at radius 3 is 2.12 bits per heavy atom. The predicted molar refractivity (Wildman–Crippen MR) is 61.2 cm³/mol. The zero-order chi connectivity index (χ0) is 12.6. The summed E-state index contributed by atoms with van der Waals surface area (Å²) < 4.78 is 5.08. The van der Waals surface area contributed by atoms with Gasteiger partial charge in [0.05, 0.1) is 6.42 Å². The third-order valence-electron chi connectivity index (χ3n) is 2.29. The number of ketones is 1. The van der Waals surface area contributed by atoms with Gasteiger partial charge in [0.2, 0.25) is 5.89 Å². The molecule has 90 valence electrons. The van der Waals surface area contributed by atoms with E-state index in [1.807, 2.05) is 41.5 Å². The van der Waals surface area contributed by atoms with Gasteiger partial charge in [0, 0.05) is 10.8 Å². The molecule has 1 rings (SSSR count). The van der Waals surface area contributed by atoms with Crippen molar-refractivity contribution in [3.8, 4) is 0 Å². The molecule has 0 aliphatic carbocycles. The molecule has 1 aromatic rings. The minimum atomic E-state index is -0.365. The summed E-state index contributed by atoms with van der Waals surface area (Å²) in [6.07, 6.45) is 0.215. The molecule has 0 radical (unpaired) electrons. The van der Waals surface area contributed by atoms with Crippen molar-refractivity contribution >= 4 is 5.78 Å². The van der Waals surface area contributed by atoms with Crippen molar-refractivity contribution in [2.45, 2.75) is 53.4 Å². The summed E-state index contributed by atoms with van der Waals surface area (Å²) in [4.78, 5) is 16.0. The highest BCUT2D eigenvalue weighted by Crippen LogP contribution is 2.21. The standard InChI is InChI=1S/C12H20N2O2/c1-11(2,3)8(15)7-9-13-10(14-16-9)12(4,5)6/h7H2,1-6H3. The lowest BCUT2D eigenvalue weighted by Gasteiger charge is -2.14. The van der Waals surface area contributed by atoms with Gasteiger partial charge >= 0.3 is 0 Å². The van der Waals surface area contributed by atoms with Crippen molar-refractivity contribution in [1.82, 2.24) is 10.1 Å². The molecular weight excluding hydrogens is 204 g/mol. The molecule has 1 heterocycles. The van der Waals surface area contributed by atoms with Crippen LogP contribution in [-0.2, 0) is 16.6 Å². The molecule has 0 bridgehead atoms. The van der Waals surface area contributed by atoms with Crippen LogP contribution in [0, 0.1) is 5.41 Å². The second kappa shape index (κ2) is 4.00. The fraction of sp³-hybridized carbons (Fsp3) is 0.750. The summed E-state index contributed by atoms with van der Waals surface area (Å²) in [6.45, 7) is 11.7. The Balaban J connectivity index is 2.78. The summed E-state index contributed by atoms with van der Waals surface area (Å²) in [6, 6.07) is 0. The van der Waals surface area contributed by atoms with Gasteiger partial charge in [-0.1, -0.05) is 46.7 Å². The molecule has 0 N–H and O–H groups in total. The maximum absolute atomic E-state index is 11.8. The highest BCUT2D eigenvalue weighted by atomic mass is 16.5. The average molecular weight is 224 g/mol. The van der Waals surface area contributed by atoms with E-state index in [-0.39, 0.29) is 23.0 Å². The van der Waals surface area contributed by atoms with Gasteiger partial charge in [-0.15, -0.1) is 0 Å². The first-order valence-electron chi connectivity index (χ1n) is 5.47. The number of Topliss-reactive ketones (excluding diaryl/α,β-unsaturated/α-hetero) is 1. The monoisotopic (exact) mass is 224 g/mol. The topological polar surface area (TPSA) is 56.0 Å². The fourth-order valence-electron chi connectivity index (χ4n) is 1.03. The maximum Gasteiger partial charge on any atom is 0.234 e. The summed E-state index contributed by atoms with van der Waals surface area (Å²) in [5.41, 5.74) is -0.511. The third kappa shape index (κ3) is 3.15. The van der Waals surface area contributed by atoms with E-state index in [1.54, 1.807) is 0 Å². The predicted octanol–water partition coefficient (Wildman–Crippen LogP) is 2.52. The number of rotatable bonds is 2. The molecule has 0 aliphatic heterocycles. The van der Waals surface area contributed by atoms with Crippen LogP contribution in [0.5, 0.6) is 0 Å². The molecule has 0 saturated carbocycles. The molecule has 0 saturated heterocycles. The van der Waals surface area contributed by atoms with Gasteiger partial charge in [-0.25, -0.2) is 0 Å². The van der Waals surface area contributed by atoms with E-state index >= 15 is 0 Å². The van der Waals surface area contributed by atoms with Gasteiger partial charge < -0.3 is 4.52 Å². The summed E-state index contributed by atoms with van der Waals surface area (Å²) in [5, 5.41) is 3.88. The van der Waals surface area contributed by atoms with E-state index in [9.17, 15) is 4.79 Å². The van der Waals surface area contributed by atoms with Crippen molar-refractivity contribution in [3.05, 3.63) is 11.7 Å². The Kier molecular flexibility index (Phi) is 3.22. The van der Waals surface area contributed by atoms with Gasteiger partial charge in [-0.3, -0.25) is 4.79 Å². The summed E-state index contributed by atoms with van der Waals surface area (Å²) in [5.74, 6) is 1.16. The van der Waals surface area contributed by atoms with E-state index < -0.39 is 0 Å². The first-order chi connectivity index (χ1) is 7.10. The van der Waals surface area contributed by atoms with E-state index in [2.05, 4.69) is 10.1 Å². The molecule has 1 aromatic heterocycles. The SMILES string of the molecule is CC(C)(C)C(=O)Cc1nc(C(C)(C)C)no1. The van der Waals surface area contributed by atoms with Crippen LogP contribution in [0.25, 0.3) is 0 Å². The van der Waals surface area contributed by atoms with Crippen LogP contribution in [0.1, 0.15) is 53.3 Å². The van der Waals surface area contributed by atoms with Crippen LogP contribution in [0.15, 0.2) is 4.52 Å². The number of carbonyl (C=O) groups is 1. The van der Waals surface area contributed by atoms with Crippen LogP contribution in [-0.4, -0.2) is 15.9 Å². The number of hydrogen-bond acceptors (Lipinski definition) is 4. The maximum atomic E-state index is 11.8. The molecule has 0 spiro atoms. The number of aromatic nitrogens is 2. The molecular formula is C12H20N2O2. The first kappa shape index (κ1) is 12.9. The molecule has 0 aliphatic rings. The molecule has 0 aromatic carbocycles. The van der Waals surface area contributed by atoms with Gasteiger partial charge in [0.1, 0.15) is 5.78 Å². The van der Waals surface area contributed by atoms with Crippen LogP contribution in [0.2, 0.25) is 0 Å². The van der Waals surface area contributed by atoms with Crippen molar-refractivity contribution in [1.29, 1.82) is 0 Å².